The van der Waals surface area contributed by atoms with E-state index in [1.807, 2.05) is 35.1 Å². The van der Waals surface area contributed by atoms with Gasteiger partial charge in [0.2, 0.25) is 0 Å². The fourth-order valence-electron chi connectivity index (χ4n) is 1.30. The van der Waals surface area contributed by atoms with Crippen LogP contribution in [0.25, 0.3) is 0 Å². The minimum Gasteiger partial charge on any atom is -0.103 e. The summed E-state index contributed by atoms with van der Waals surface area (Å²) in [7, 11) is 0. The predicted octanol–water partition coefficient (Wildman–Crippen LogP) is 4.71. The maximum Gasteiger partial charge on any atom is 0.0507 e. The molecule has 1 aliphatic carbocycles. The summed E-state index contributed by atoms with van der Waals surface area (Å²) in [5, 5.41) is 5.41. The quantitative estimate of drug-likeness (QED) is 0.593. The second kappa shape index (κ2) is 4.43. The zero-order chi connectivity index (χ0) is 9.97. The van der Waals surface area contributed by atoms with E-state index in [1.165, 1.54) is 11.8 Å². The van der Waals surface area contributed by atoms with Crippen LogP contribution in [0.4, 0.5) is 0 Å². The Balaban J connectivity index is 2.48. The van der Waals surface area contributed by atoms with Gasteiger partial charge in [-0.1, -0.05) is 47.5 Å². The van der Waals surface area contributed by atoms with E-state index in [-0.39, 0.29) is 0 Å². The van der Waals surface area contributed by atoms with Gasteiger partial charge in [-0.15, -0.1) is 11.8 Å². The molecule has 0 nitrogen and oxygen atoms in total. The van der Waals surface area contributed by atoms with Gasteiger partial charge in [0.1, 0.15) is 0 Å². The van der Waals surface area contributed by atoms with E-state index in [2.05, 4.69) is 0 Å². The lowest BCUT2D eigenvalue weighted by atomic mass is 10.1. The van der Waals surface area contributed by atoms with E-state index >= 15 is 0 Å². The molecule has 0 atom stereocenters. The van der Waals surface area contributed by atoms with E-state index in [9.17, 15) is 0 Å². The fourth-order valence-corrected chi connectivity index (χ4v) is 2.48. The Labute approximate surface area is 97.7 Å². The van der Waals surface area contributed by atoms with E-state index in [1.54, 1.807) is 0 Å². The lowest BCUT2D eigenvalue weighted by Gasteiger charge is -2.10. The lowest BCUT2D eigenvalue weighted by molar-refractivity contribution is 1.20. The summed E-state index contributed by atoms with van der Waals surface area (Å²) in [6.45, 7) is 0. The standard InChI is InChI=1S/C11H8Cl2S/c12-10-6-14-7-11(13)9-4-2-1-3-8(10)5-9/h1-4,6-7H,5H2. The smallest absolute Gasteiger partial charge is 0.0507 e. The lowest BCUT2D eigenvalue weighted by Crippen LogP contribution is -1.90. The van der Waals surface area contributed by atoms with Crippen LogP contribution < -0.4 is 0 Å². The molecule has 2 aliphatic rings. The number of rotatable bonds is 0. The minimum atomic E-state index is 0.799. The Kier molecular flexibility index (Phi) is 3.22. The number of fused-ring (bicyclic) bond motifs is 2. The molecule has 0 N–H and O–H groups in total. The van der Waals surface area contributed by atoms with E-state index in [0.29, 0.717) is 0 Å². The van der Waals surface area contributed by atoms with E-state index < -0.39 is 0 Å². The Morgan fingerprint density at radius 3 is 1.93 bits per heavy atom. The minimum absolute atomic E-state index is 0.799. The van der Waals surface area contributed by atoms with Gasteiger partial charge in [-0.25, -0.2) is 0 Å². The molecular weight excluding hydrogens is 235 g/mol. The number of hydrogen-bond acceptors (Lipinski definition) is 1. The zero-order valence-electron chi connectivity index (χ0n) is 7.34. The second-order valence-corrected chi connectivity index (χ2v) is 4.57. The molecular formula is C11H8Cl2S. The summed E-state index contributed by atoms with van der Waals surface area (Å²) in [4.78, 5) is 0. The van der Waals surface area contributed by atoms with Gasteiger partial charge in [0, 0.05) is 6.42 Å². The topological polar surface area (TPSA) is 0 Å². The number of halogens is 2. The van der Waals surface area contributed by atoms with Gasteiger partial charge < -0.3 is 0 Å². The van der Waals surface area contributed by atoms with Crippen molar-refractivity contribution in [1.29, 1.82) is 0 Å². The first-order valence-corrected chi connectivity index (χ1v) is 5.91. The maximum absolute atomic E-state index is 6.12. The highest BCUT2D eigenvalue weighted by Gasteiger charge is 2.12. The van der Waals surface area contributed by atoms with Crippen LogP contribution in [0.1, 0.15) is 6.42 Å². The van der Waals surface area contributed by atoms with Crippen LogP contribution in [0.3, 0.4) is 0 Å². The first-order valence-electron chi connectivity index (χ1n) is 4.21. The molecule has 2 bridgehead atoms. The monoisotopic (exact) mass is 242 g/mol. The van der Waals surface area contributed by atoms with Gasteiger partial charge in [-0.05, 0) is 22.0 Å². The van der Waals surface area contributed by atoms with Crippen LogP contribution in [0, 0.1) is 0 Å². The third-order valence-corrected chi connectivity index (χ3v) is 3.75. The summed E-state index contributed by atoms with van der Waals surface area (Å²) >= 11 is 13.7. The highest BCUT2D eigenvalue weighted by molar-refractivity contribution is 8.05. The third kappa shape index (κ3) is 2.17. The second-order valence-electron chi connectivity index (χ2n) is 3.01. The van der Waals surface area contributed by atoms with Crippen molar-refractivity contribution in [3.8, 4) is 0 Å². The molecule has 1 heterocycles. The van der Waals surface area contributed by atoms with Crippen molar-refractivity contribution < 1.29 is 0 Å². The van der Waals surface area contributed by atoms with Crippen molar-refractivity contribution in [2.45, 2.75) is 6.42 Å². The van der Waals surface area contributed by atoms with Gasteiger partial charge in [-0.2, -0.15) is 0 Å². The molecule has 0 unspecified atom stereocenters. The maximum atomic E-state index is 6.12. The molecule has 0 saturated carbocycles. The number of hydrogen-bond donors (Lipinski definition) is 0. The van der Waals surface area contributed by atoms with Crippen molar-refractivity contribution in [1.82, 2.24) is 0 Å². The van der Waals surface area contributed by atoms with Crippen molar-refractivity contribution >= 4 is 35.0 Å². The first-order chi connectivity index (χ1) is 6.77. The normalized spacial score (nSPS) is 21.0. The number of allylic oxidation sites excluding steroid dienone is 8. The predicted molar refractivity (Wildman–Crippen MR) is 65.4 cm³/mol. The average molecular weight is 243 g/mol. The summed E-state index contributed by atoms with van der Waals surface area (Å²) in [5.41, 5.74) is 2.23. The fraction of sp³-hybridized carbons (Fsp3) is 0.0909. The van der Waals surface area contributed by atoms with Crippen LogP contribution >= 0.6 is 35.0 Å². The first kappa shape index (κ1) is 10.2. The summed E-state index contributed by atoms with van der Waals surface area (Å²) in [6.07, 6.45) is 8.83. The van der Waals surface area contributed by atoms with E-state index in [4.69, 9.17) is 23.2 Å². The Bertz CT molecular complexity index is 362. The van der Waals surface area contributed by atoms with E-state index in [0.717, 1.165) is 27.6 Å². The number of thioether (sulfide) groups is 1. The SMILES string of the molecule is ClC1=CSC=C(Cl)C2=CC=CC=C1C2. The molecule has 14 heavy (non-hydrogen) atoms. The summed E-state index contributed by atoms with van der Waals surface area (Å²) in [5.74, 6) is 0. The van der Waals surface area contributed by atoms with Gasteiger partial charge in [0.05, 0.1) is 10.1 Å². The van der Waals surface area contributed by atoms with Crippen LogP contribution in [-0.2, 0) is 0 Å². The average Bonchev–Trinajstić information content (AvgIpc) is 2.41. The molecule has 0 aromatic carbocycles. The molecule has 0 aromatic rings. The van der Waals surface area contributed by atoms with Crippen molar-refractivity contribution in [2.24, 2.45) is 0 Å². The molecule has 0 radical (unpaired) electrons. The van der Waals surface area contributed by atoms with Crippen LogP contribution in [0.5, 0.6) is 0 Å². The van der Waals surface area contributed by atoms with Gasteiger partial charge in [-0.3, -0.25) is 0 Å². The molecule has 0 amide bonds. The molecule has 0 spiro atoms. The molecule has 2 rings (SSSR count). The van der Waals surface area contributed by atoms with Gasteiger partial charge in [0.25, 0.3) is 0 Å². The largest absolute Gasteiger partial charge is 0.103 e. The van der Waals surface area contributed by atoms with Gasteiger partial charge in [0.15, 0.2) is 0 Å². The Morgan fingerprint density at radius 1 is 0.929 bits per heavy atom. The van der Waals surface area contributed by atoms with Crippen LogP contribution in [0.2, 0.25) is 0 Å². The highest BCUT2D eigenvalue weighted by atomic mass is 35.5. The Hall–Kier alpha value is -0.370. The van der Waals surface area contributed by atoms with Gasteiger partial charge >= 0.3 is 0 Å². The summed E-state index contributed by atoms with van der Waals surface area (Å²) < 4.78 is 0. The molecule has 72 valence electrons. The zero-order valence-corrected chi connectivity index (χ0v) is 9.66. The third-order valence-electron chi connectivity index (χ3n) is 2.04. The summed E-state index contributed by atoms with van der Waals surface area (Å²) in [6, 6.07) is 0. The molecule has 0 fully saturated rings. The highest BCUT2D eigenvalue weighted by Crippen LogP contribution is 2.34. The molecule has 0 saturated heterocycles. The van der Waals surface area contributed by atoms with Crippen molar-refractivity contribution in [3.63, 3.8) is 0 Å². The Morgan fingerprint density at radius 2 is 1.43 bits per heavy atom. The van der Waals surface area contributed by atoms with Crippen molar-refractivity contribution in [2.75, 3.05) is 0 Å². The van der Waals surface area contributed by atoms with Crippen LogP contribution in [-0.4, -0.2) is 0 Å². The molecule has 1 aliphatic heterocycles. The van der Waals surface area contributed by atoms with Crippen molar-refractivity contribution in [3.05, 3.63) is 56.3 Å². The molecule has 3 heteroatoms. The van der Waals surface area contributed by atoms with Crippen LogP contribution in [0.15, 0.2) is 56.3 Å². The molecule has 0 aromatic heterocycles.